The fraction of sp³-hybridized carbons (Fsp3) is 0.0156. The highest BCUT2D eigenvalue weighted by Crippen LogP contribution is 2.46. The second-order valence-electron chi connectivity index (χ2n) is 17.2. The number of aliphatic imine (C=N–C) groups is 1. The van der Waals surface area contributed by atoms with Crippen molar-refractivity contribution in [3.05, 3.63) is 265 Å². The molecule has 0 saturated heterocycles. The Labute approximate surface area is 390 Å². The van der Waals surface area contributed by atoms with Crippen molar-refractivity contribution in [3.8, 4) is 39.1 Å². The largest absolute Gasteiger partial charge is 0.383 e. The van der Waals surface area contributed by atoms with Gasteiger partial charge in [0, 0.05) is 27.6 Å². The van der Waals surface area contributed by atoms with Gasteiger partial charge in [-0.3, -0.25) is 0 Å². The van der Waals surface area contributed by atoms with Crippen molar-refractivity contribution >= 4 is 65.7 Å². The molecule has 1 aromatic heterocycles. The maximum Gasteiger partial charge on any atom is 0.131 e. The van der Waals surface area contributed by atoms with Gasteiger partial charge in [-0.15, -0.1) is 0 Å². The number of nitrogens with two attached hydrogens (primary N) is 1. The van der Waals surface area contributed by atoms with Crippen molar-refractivity contribution in [3.63, 3.8) is 0 Å². The first-order valence-corrected chi connectivity index (χ1v) is 23.0. The Morgan fingerprint density at radius 1 is 0.418 bits per heavy atom. The van der Waals surface area contributed by atoms with Gasteiger partial charge in [-0.25, -0.2) is 4.99 Å². The zero-order chi connectivity index (χ0) is 44.7. The molecule has 0 fully saturated rings. The molecule has 0 spiro atoms. The molecule has 0 unspecified atom stereocenters. The summed E-state index contributed by atoms with van der Waals surface area (Å²) in [6.45, 7) is 0. The van der Waals surface area contributed by atoms with Crippen LogP contribution in [0.25, 0.3) is 98.9 Å². The second kappa shape index (κ2) is 17.0. The Morgan fingerprint density at radius 2 is 1.00 bits per heavy atom. The quantitative estimate of drug-likeness (QED) is 0.0668. The van der Waals surface area contributed by atoms with E-state index >= 15 is 0 Å². The Hall–Kier alpha value is -8.79. The molecule has 11 aromatic carbocycles. The highest BCUT2D eigenvalue weighted by molar-refractivity contribution is 6.28. The van der Waals surface area contributed by atoms with Crippen LogP contribution in [0.1, 0.15) is 16.7 Å². The van der Waals surface area contributed by atoms with Crippen LogP contribution in [0.2, 0.25) is 0 Å². The number of amidine groups is 1. The van der Waals surface area contributed by atoms with E-state index in [-0.39, 0.29) is 0 Å². The molecule has 0 atom stereocenters. The smallest absolute Gasteiger partial charge is 0.131 e. The van der Waals surface area contributed by atoms with E-state index in [1.165, 1.54) is 87.5 Å². The summed E-state index contributed by atoms with van der Waals surface area (Å²) in [5.74, 6) is 0.473. The third kappa shape index (κ3) is 7.06. The average Bonchev–Trinajstić information content (AvgIpc) is 3.74. The molecule has 12 rings (SSSR count). The molecule has 2 N–H and O–H groups in total. The number of aromatic nitrogens is 1. The number of hydrogen-bond acceptors (Lipinski definition) is 1. The van der Waals surface area contributed by atoms with Gasteiger partial charge < -0.3 is 10.3 Å². The molecule has 0 aliphatic rings. The van der Waals surface area contributed by atoms with Crippen LogP contribution in [0.15, 0.2) is 254 Å². The summed E-state index contributed by atoms with van der Waals surface area (Å²) in [5, 5.41) is 9.86. The predicted octanol–water partition coefficient (Wildman–Crippen LogP) is 16.2. The van der Waals surface area contributed by atoms with Crippen LogP contribution in [-0.4, -0.2) is 10.4 Å². The van der Waals surface area contributed by atoms with Crippen LogP contribution in [0, 0.1) is 0 Å². The Balaban J connectivity index is 1.01. The van der Waals surface area contributed by atoms with Gasteiger partial charge in [0.15, 0.2) is 0 Å². The van der Waals surface area contributed by atoms with Gasteiger partial charge in [0.2, 0.25) is 0 Å². The molecular formula is C64H45N3. The minimum absolute atomic E-state index is 0.473. The van der Waals surface area contributed by atoms with Crippen molar-refractivity contribution in [2.45, 2.75) is 6.42 Å². The lowest BCUT2D eigenvalue weighted by molar-refractivity contribution is 1.18. The molecule has 0 bridgehead atoms. The molecule has 0 radical (unpaired) electrons. The molecule has 3 nitrogen and oxygen atoms in total. The maximum absolute atomic E-state index is 6.86. The lowest BCUT2D eigenvalue weighted by Gasteiger charge is -2.19. The minimum Gasteiger partial charge on any atom is -0.383 e. The number of fused-ring (bicyclic) bond motifs is 7. The number of benzene rings is 11. The number of para-hydroxylation sites is 3. The van der Waals surface area contributed by atoms with E-state index in [4.69, 9.17) is 10.7 Å². The summed E-state index contributed by atoms with van der Waals surface area (Å²) in [6, 6.07) is 86.9. The van der Waals surface area contributed by atoms with Crippen LogP contribution in [-0.2, 0) is 6.42 Å². The predicted molar refractivity (Wildman–Crippen MR) is 285 cm³/mol. The van der Waals surface area contributed by atoms with Gasteiger partial charge in [0.05, 0.1) is 16.7 Å². The molecule has 0 amide bonds. The van der Waals surface area contributed by atoms with Crippen LogP contribution in [0.4, 0.5) is 0 Å². The molecule has 316 valence electrons. The van der Waals surface area contributed by atoms with Crippen LogP contribution < -0.4 is 5.73 Å². The Morgan fingerprint density at radius 3 is 1.78 bits per heavy atom. The van der Waals surface area contributed by atoms with E-state index in [0.29, 0.717) is 12.3 Å². The monoisotopic (exact) mass is 855 g/mol. The molecular weight excluding hydrogens is 811 g/mol. The number of rotatable bonds is 9. The van der Waals surface area contributed by atoms with E-state index in [2.05, 4.69) is 223 Å². The van der Waals surface area contributed by atoms with Crippen molar-refractivity contribution in [2.75, 3.05) is 0 Å². The summed E-state index contributed by atoms with van der Waals surface area (Å²) in [6.07, 6.45) is 2.88. The molecule has 1 heterocycles. The molecule has 0 aliphatic heterocycles. The van der Waals surface area contributed by atoms with E-state index < -0.39 is 0 Å². The highest BCUT2D eigenvalue weighted by atomic mass is 15.0. The number of allylic oxidation sites excluding steroid dienone is 1. The lowest BCUT2D eigenvalue weighted by atomic mass is 9.84. The first-order valence-electron chi connectivity index (χ1n) is 23.0. The van der Waals surface area contributed by atoms with Gasteiger partial charge in [-0.1, -0.05) is 231 Å². The zero-order valence-corrected chi connectivity index (χ0v) is 36.9. The van der Waals surface area contributed by atoms with E-state index in [1.807, 2.05) is 30.3 Å². The second-order valence-corrected chi connectivity index (χ2v) is 17.2. The third-order valence-electron chi connectivity index (χ3n) is 13.3. The van der Waals surface area contributed by atoms with Crippen molar-refractivity contribution in [2.24, 2.45) is 10.7 Å². The fourth-order valence-electron chi connectivity index (χ4n) is 10.3. The topological polar surface area (TPSA) is 43.3 Å². The van der Waals surface area contributed by atoms with E-state index in [0.717, 1.165) is 28.1 Å². The Bertz CT molecular complexity index is 3860. The number of hydrogen-bond donors (Lipinski definition) is 1. The van der Waals surface area contributed by atoms with Crippen molar-refractivity contribution < 1.29 is 0 Å². The van der Waals surface area contributed by atoms with E-state index in [9.17, 15) is 0 Å². The van der Waals surface area contributed by atoms with Crippen molar-refractivity contribution in [1.82, 2.24) is 4.57 Å². The summed E-state index contributed by atoms with van der Waals surface area (Å²) < 4.78 is 2.41. The minimum atomic E-state index is 0.473. The summed E-state index contributed by atoms with van der Waals surface area (Å²) in [5.41, 5.74) is 21.5. The van der Waals surface area contributed by atoms with Gasteiger partial charge in [0.25, 0.3) is 0 Å². The van der Waals surface area contributed by atoms with Gasteiger partial charge in [-0.05, 0) is 95.9 Å². The highest BCUT2D eigenvalue weighted by Gasteiger charge is 2.20. The molecule has 12 aromatic rings. The standard InChI is InChI=1S/C64H45N3/c65-64(48-23-6-2-7-24-48)66-58(42-40-43-19-10-12-27-50(43)55-32-18-33-56-52-29-16-17-34-59(52)67(63(55)56)49-25-8-3-9-26-49)45-35-37-47(38-36-45)61-54-31-15-14-30-53(54)60(46-21-4-1-5-22-46)57-41-39-44-20-11-13-28-51(44)62(57)61/h1-39,41-42H,40H2,(H2,65,66)/b58-42-. The summed E-state index contributed by atoms with van der Waals surface area (Å²) in [4.78, 5) is 5.21. The van der Waals surface area contributed by atoms with Gasteiger partial charge >= 0.3 is 0 Å². The van der Waals surface area contributed by atoms with Crippen molar-refractivity contribution in [1.29, 1.82) is 0 Å². The molecule has 3 heteroatoms. The SMILES string of the molecule is NC(=N/C(=C\Cc1ccccc1-c1cccc2c3ccccc3n(-c3ccccc3)c12)c1ccc(-c2c3ccccc3c(-c3ccccc3)c3ccc4ccccc4c23)cc1)c1ccccc1. The van der Waals surface area contributed by atoms with Crippen LogP contribution >= 0.6 is 0 Å². The van der Waals surface area contributed by atoms with E-state index in [1.54, 1.807) is 0 Å². The molecule has 67 heavy (non-hydrogen) atoms. The summed E-state index contributed by atoms with van der Waals surface area (Å²) in [7, 11) is 0. The fourth-order valence-corrected chi connectivity index (χ4v) is 10.3. The molecule has 0 aliphatic carbocycles. The maximum atomic E-state index is 6.86. The molecule has 0 saturated carbocycles. The van der Waals surface area contributed by atoms with Gasteiger partial charge in [0.1, 0.15) is 5.84 Å². The van der Waals surface area contributed by atoms with Crippen LogP contribution in [0.5, 0.6) is 0 Å². The lowest BCUT2D eigenvalue weighted by Crippen LogP contribution is -2.13. The van der Waals surface area contributed by atoms with Gasteiger partial charge in [-0.2, -0.15) is 0 Å². The average molecular weight is 856 g/mol. The normalized spacial score (nSPS) is 12.2. The first kappa shape index (κ1) is 39.8. The number of nitrogens with zero attached hydrogens (tertiary/aromatic N) is 2. The summed E-state index contributed by atoms with van der Waals surface area (Å²) >= 11 is 0. The third-order valence-corrected chi connectivity index (χ3v) is 13.3. The van der Waals surface area contributed by atoms with Crippen LogP contribution in [0.3, 0.4) is 0 Å². The first-order chi connectivity index (χ1) is 33.2. The Kier molecular flexibility index (Phi) is 10.1. The zero-order valence-electron chi connectivity index (χ0n) is 36.9.